The van der Waals surface area contributed by atoms with Crippen LogP contribution >= 0.6 is 11.8 Å². The van der Waals surface area contributed by atoms with Gasteiger partial charge in [-0.05, 0) is 24.0 Å². The van der Waals surface area contributed by atoms with Crippen molar-refractivity contribution in [3.63, 3.8) is 0 Å². The van der Waals surface area contributed by atoms with Crippen LogP contribution in [0.3, 0.4) is 0 Å². The normalized spacial score (nSPS) is 9.43. The molecule has 2 nitrogen and oxygen atoms in total. The summed E-state index contributed by atoms with van der Waals surface area (Å²) in [6, 6.07) is 9.79. The third-order valence-corrected chi connectivity index (χ3v) is 2.34. The van der Waals surface area contributed by atoms with Crippen LogP contribution in [0.1, 0.15) is 5.56 Å². The third kappa shape index (κ3) is 3.71. The Hall–Kier alpha value is -1.14. The second-order valence-electron chi connectivity index (χ2n) is 2.82. The summed E-state index contributed by atoms with van der Waals surface area (Å²) in [6.07, 6.45) is 2.52. The second-order valence-corrected chi connectivity index (χ2v) is 3.81. The van der Waals surface area contributed by atoms with Crippen LogP contribution in [0.5, 0.6) is 5.75 Å². The molecule has 0 unspecified atom stereocenters. The zero-order chi connectivity index (χ0) is 10.2. The minimum atomic E-state index is 0.463. The molecule has 0 saturated carbocycles. The zero-order valence-corrected chi connectivity index (χ0v) is 9.01. The van der Waals surface area contributed by atoms with Crippen LogP contribution in [0.2, 0.25) is 0 Å². The Morgan fingerprint density at radius 2 is 2.07 bits per heavy atom. The molecule has 0 bridgehead atoms. The summed E-state index contributed by atoms with van der Waals surface area (Å²) >= 11 is 1.76. The maximum absolute atomic E-state index is 8.48. The van der Waals surface area contributed by atoms with Gasteiger partial charge in [0.2, 0.25) is 0 Å². The number of ether oxygens (including phenoxy) is 1. The fourth-order valence-corrected chi connectivity index (χ4v) is 1.29. The summed E-state index contributed by atoms with van der Waals surface area (Å²) in [6.45, 7) is 0.735. The first-order valence-electron chi connectivity index (χ1n) is 4.44. The first kappa shape index (κ1) is 10.9. The van der Waals surface area contributed by atoms with Crippen molar-refractivity contribution in [2.45, 2.75) is 6.42 Å². The van der Waals surface area contributed by atoms with Crippen molar-refractivity contribution in [1.29, 1.82) is 5.26 Å². The number of nitriles is 1. The summed E-state index contributed by atoms with van der Waals surface area (Å²) in [7, 11) is 0. The topological polar surface area (TPSA) is 33.0 Å². The number of thioether (sulfide) groups is 1. The van der Waals surface area contributed by atoms with Crippen molar-refractivity contribution >= 4 is 11.8 Å². The molecule has 0 aliphatic rings. The van der Waals surface area contributed by atoms with Crippen LogP contribution in [0.15, 0.2) is 24.3 Å². The zero-order valence-electron chi connectivity index (χ0n) is 8.19. The smallest absolute Gasteiger partial charge is 0.119 e. The Morgan fingerprint density at radius 3 is 2.64 bits per heavy atom. The fourth-order valence-electron chi connectivity index (χ4n) is 1.04. The highest BCUT2D eigenvalue weighted by molar-refractivity contribution is 7.98. The van der Waals surface area contributed by atoms with E-state index < -0.39 is 0 Å². The molecule has 1 aromatic carbocycles. The number of nitrogens with zero attached hydrogens (tertiary/aromatic N) is 1. The van der Waals surface area contributed by atoms with E-state index >= 15 is 0 Å². The summed E-state index contributed by atoms with van der Waals surface area (Å²) in [4.78, 5) is 0. The molecule has 14 heavy (non-hydrogen) atoms. The van der Waals surface area contributed by atoms with Gasteiger partial charge in [-0.1, -0.05) is 12.1 Å². The van der Waals surface area contributed by atoms with Crippen molar-refractivity contribution in [3.8, 4) is 11.8 Å². The lowest BCUT2D eigenvalue weighted by Gasteiger charge is -2.04. The van der Waals surface area contributed by atoms with Crippen LogP contribution < -0.4 is 4.74 Å². The predicted molar refractivity (Wildman–Crippen MR) is 59.6 cm³/mol. The Bertz CT molecular complexity index is 302. The number of rotatable bonds is 5. The molecule has 0 aromatic heterocycles. The van der Waals surface area contributed by atoms with E-state index in [0.717, 1.165) is 23.7 Å². The molecule has 0 atom stereocenters. The van der Waals surface area contributed by atoms with Gasteiger partial charge in [0.25, 0.3) is 0 Å². The average Bonchev–Trinajstić information content (AvgIpc) is 2.21. The van der Waals surface area contributed by atoms with E-state index in [1.54, 1.807) is 11.8 Å². The summed E-state index contributed by atoms with van der Waals surface area (Å²) in [5, 5.41) is 8.48. The minimum absolute atomic E-state index is 0.463. The van der Waals surface area contributed by atoms with E-state index in [9.17, 15) is 0 Å². The molecular formula is C11H13NOS. The van der Waals surface area contributed by atoms with Gasteiger partial charge in [-0.3, -0.25) is 0 Å². The van der Waals surface area contributed by atoms with Crippen LogP contribution in [0.25, 0.3) is 0 Å². The van der Waals surface area contributed by atoms with E-state index in [-0.39, 0.29) is 0 Å². The van der Waals surface area contributed by atoms with Crippen molar-refractivity contribution in [2.75, 3.05) is 18.6 Å². The molecule has 74 valence electrons. The lowest BCUT2D eigenvalue weighted by molar-refractivity contribution is 0.344. The Labute approximate surface area is 88.9 Å². The molecule has 0 fully saturated rings. The number of benzene rings is 1. The molecule has 0 N–H and O–H groups in total. The maximum atomic E-state index is 8.48. The molecule has 0 saturated heterocycles. The van der Waals surface area contributed by atoms with Crippen molar-refractivity contribution in [2.24, 2.45) is 0 Å². The van der Waals surface area contributed by atoms with E-state index in [1.165, 1.54) is 0 Å². The van der Waals surface area contributed by atoms with Gasteiger partial charge < -0.3 is 4.74 Å². The van der Waals surface area contributed by atoms with Crippen LogP contribution in [0.4, 0.5) is 0 Å². The standard InChI is InChI=1S/C11H13NOS/c1-14-9-8-13-11-4-2-10(3-5-11)6-7-12/h2-5H,6,8-9H2,1H3. The summed E-state index contributed by atoms with van der Waals surface area (Å²) < 4.78 is 5.48. The van der Waals surface area contributed by atoms with Crippen molar-refractivity contribution in [3.05, 3.63) is 29.8 Å². The van der Waals surface area contributed by atoms with Crippen LogP contribution in [-0.2, 0) is 6.42 Å². The summed E-state index contributed by atoms with van der Waals surface area (Å²) in [5.74, 6) is 1.88. The van der Waals surface area contributed by atoms with Gasteiger partial charge in [0.1, 0.15) is 5.75 Å². The van der Waals surface area contributed by atoms with E-state index in [0.29, 0.717) is 6.42 Å². The number of hydrogen-bond acceptors (Lipinski definition) is 3. The molecule has 0 radical (unpaired) electrons. The van der Waals surface area contributed by atoms with Gasteiger partial charge in [0.05, 0.1) is 19.1 Å². The molecule has 0 spiro atoms. The quantitative estimate of drug-likeness (QED) is 0.695. The van der Waals surface area contributed by atoms with Gasteiger partial charge in [0, 0.05) is 5.75 Å². The second kappa shape index (κ2) is 6.33. The van der Waals surface area contributed by atoms with Gasteiger partial charge in [-0.2, -0.15) is 17.0 Å². The highest BCUT2D eigenvalue weighted by Gasteiger charge is 1.94. The Morgan fingerprint density at radius 1 is 1.36 bits per heavy atom. The Balaban J connectivity index is 2.43. The van der Waals surface area contributed by atoms with Crippen LogP contribution in [0, 0.1) is 11.3 Å². The molecule has 1 rings (SSSR count). The lowest BCUT2D eigenvalue weighted by Crippen LogP contribution is -1.99. The van der Waals surface area contributed by atoms with Gasteiger partial charge in [0.15, 0.2) is 0 Å². The van der Waals surface area contributed by atoms with Gasteiger partial charge in [-0.15, -0.1) is 0 Å². The van der Waals surface area contributed by atoms with Gasteiger partial charge in [-0.25, -0.2) is 0 Å². The van der Waals surface area contributed by atoms with Gasteiger partial charge >= 0.3 is 0 Å². The monoisotopic (exact) mass is 207 g/mol. The summed E-state index contributed by atoms with van der Waals surface area (Å²) in [5.41, 5.74) is 1.03. The maximum Gasteiger partial charge on any atom is 0.119 e. The highest BCUT2D eigenvalue weighted by Crippen LogP contribution is 2.12. The minimum Gasteiger partial charge on any atom is -0.493 e. The van der Waals surface area contributed by atoms with Crippen LogP contribution in [-0.4, -0.2) is 18.6 Å². The third-order valence-electron chi connectivity index (χ3n) is 1.76. The first-order valence-corrected chi connectivity index (χ1v) is 5.84. The van der Waals surface area contributed by atoms with E-state index in [4.69, 9.17) is 10.00 Å². The molecule has 1 aromatic rings. The first-order chi connectivity index (χ1) is 6.86. The molecule has 0 aliphatic carbocycles. The van der Waals surface area contributed by atoms with Crippen molar-refractivity contribution in [1.82, 2.24) is 0 Å². The van der Waals surface area contributed by atoms with E-state index in [2.05, 4.69) is 12.3 Å². The fraction of sp³-hybridized carbons (Fsp3) is 0.364. The lowest BCUT2D eigenvalue weighted by atomic mass is 10.2. The molecule has 0 aliphatic heterocycles. The highest BCUT2D eigenvalue weighted by atomic mass is 32.2. The molecule has 0 amide bonds. The largest absolute Gasteiger partial charge is 0.493 e. The Kier molecular flexibility index (Phi) is 4.95. The average molecular weight is 207 g/mol. The van der Waals surface area contributed by atoms with Crippen molar-refractivity contribution < 1.29 is 4.74 Å². The molecular weight excluding hydrogens is 194 g/mol. The van der Waals surface area contributed by atoms with E-state index in [1.807, 2.05) is 24.3 Å². The molecule has 0 heterocycles. The number of hydrogen-bond donors (Lipinski definition) is 0. The molecule has 3 heteroatoms. The predicted octanol–water partition coefficient (Wildman–Crippen LogP) is 2.49. The SMILES string of the molecule is CSCCOc1ccc(CC#N)cc1.